The summed E-state index contributed by atoms with van der Waals surface area (Å²) >= 11 is 1.12. The van der Waals surface area contributed by atoms with E-state index < -0.39 is 5.97 Å². The third-order valence-electron chi connectivity index (χ3n) is 2.65. The van der Waals surface area contributed by atoms with Crippen molar-refractivity contribution in [3.8, 4) is 0 Å². The van der Waals surface area contributed by atoms with Crippen molar-refractivity contribution in [3.63, 3.8) is 0 Å². The molecule has 0 atom stereocenters. The summed E-state index contributed by atoms with van der Waals surface area (Å²) in [7, 11) is 0. The Morgan fingerprint density at radius 3 is 2.57 bits per heavy atom. The maximum atomic E-state index is 11.6. The van der Waals surface area contributed by atoms with E-state index in [4.69, 9.17) is 5.11 Å². The molecule has 2 amide bonds. The Labute approximate surface area is 125 Å². The lowest BCUT2D eigenvalue weighted by molar-refractivity contribution is 0.0697. The molecule has 8 heteroatoms. The number of carbonyl (C=O) groups is 2. The van der Waals surface area contributed by atoms with Crippen LogP contribution in [0.1, 0.15) is 21.7 Å². The predicted molar refractivity (Wildman–Crippen MR) is 78.8 cm³/mol. The van der Waals surface area contributed by atoms with Gasteiger partial charge in [-0.3, -0.25) is 5.32 Å². The Bertz CT molecular complexity index is 639. The number of anilines is 1. The van der Waals surface area contributed by atoms with Crippen LogP contribution in [0.4, 0.5) is 9.93 Å². The van der Waals surface area contributed by atoms with Crippen LogP contribution in [0.5, 0.6) is 0 Å². The molecule has 0 fully saturated rings. The van der Waals surface area contributed by atoms with E-state index >= 15 is 0 Å². The van der Waals surface area contributed by atoms with Gasteiger partial charge >= 0.3 is 12.0 Å². The van der Waals surface area contributed by atoms with Crippen molar-refractivity contribution in [3.05, 3.63) is 41.2 Å². The molecule has 21 heavy (non-hydrogen) atoms. The number of nitrogens with zero attached hydrogens (tertiary/aromatic N) is 2. The van der Waals surface area contributed by atoms with Gasteiger partial charge in [-0.1, -0.05) is 12.1 Å². The highest BCUT2D eigenvalue weighted by atomic mass is 32.1. The number of benzene rings is 1. The average Bonchev–Trinajstić information content (AvgIpc) is 2.84. The number of carboxylic acid groups (broad SMARTS) is 1. The molecule has 0 spiro atoms. The van der Waals surface area contributed by atoms with Crippen LogP contribution >= 0.6 is 11.5 Å². The van der Waals surface area contributed by atoms with Crippen LogP contribution in [0, 0.1) is 6.92 Å². The van der Waals surface area contributed by atoms with Gasteiger partial charge in [0, 0.05) is 18.1 Å². The van der Waals surface area contributed by atoms with Gasteiger partial charge in [0.15, 0.2) is 0 Å². The minimum absolute atomic E-state index is 0.246. The number of carbonyl (C=O) groups excluding carboxylic acids is 1. The molecule has 0 radical (unpaired) electrons. The summed E-state index contributed by atoms with van der Waals surface area (Å²) < 4.78 is 3.96. The van der Waals surface area contributed by atoms with Gasteiger partial charge in [-0.15, -0.1) is 0 Å². The minimum Gasteiger partial charge on any atom is -0.478 e. The van der Waals surface area contributed by atoms with Gasteiger partial charge in [-0.05, 0) is 31.0 Å². The van der Waals surface area contributed by atoms with Crippen molar-refractivity contribution in [2.75, 3.05) is 11.9 Å². The molecule has 3 N–H and O–H groups in total. The Hall–Kier alpha value is -2.48. The summed E-state index contributed by atoms with van der Waals surface area (Å²) in [6, 6.07) is 6.21. The van der Waals surface area contributed by atoms with Crippen LogP contribution in [-0.4, -0.2) is 33.0 Å². The number of urea groups is 1. The van der Waals surface area contributed by atoms with Gasteiger partial charge in [-0.25, -0.2) is 14.6 Å². The number of nitrogens with one attached hydrogen (secondary N) is 2. The second kappa shape index (κ2) is 6.80. The number of hydrogen-bond donors (Lipinski definition) is 3. The van der Waals surface area contributed by atoms with Crippen molar-refractivity contribution in [1.29, 1.82) is 0 Å². The van der Waals surface area contributed by atoms with E-state index in [0.717, 1.165) is 17.1 Å². The van der Waals surface area contributed by atoms with Crippen LogP contribution in [0.25, 0.3) is 0 Å². The third-order valence-corrected chi connectivity index (χ3v) is 3.37. The first kappa shape index (κ1) is 14.9. The van der Waals surface area contributed by atoms with Crippen molar-refractivity contribution in [2.24, 2.45) is 0 Å². The Morgan fingerprint density at radius 1 is 1.29 bits per heavy atom. The number of aromatic carboxylic acids is 1. The Morgan fingerprint density at radius 2 is 2.00 bits per heavy atom. The molecule has 0 saturated carbocycles. The normalized spacial score (nSPS) is 10.1. The fraction of sp³-hybridized carbons (Fsp3) is 0.231. The van der Waals surface area contributed by atoms with E-state index in [0.29, 0.717) is 23.9 Å². The summed E-state index contributed by atoms with van der Waals surface area (Å²) in [5.74, 6) is -0.333. The second-order valence-corrected chi connectivity index (χ2v) is 5.03. The van der Waals surface area contributed by atoms with E-state index in [2.05, 4.69) is 20.0 Å². The molecule has 0 aliphatic heterocycles. The lowest BCUT2D eigenvalue weighted by atomic mass is 10.1. The molecule has 0 bridgehead atoms. The standard InChI is InChI=1S/C13H14N4O3S/c1-8-15-13(21-17-8)16-12(20)14-7-6-9-2-4-10(5-3-9)11(18)19/h2-5H,6-7H2,1H3,(H,18,19)(H2,14,15,16,17,20). The SMILES string of the molecule is Cc1nsc(NC(=O)NCCc2ccc(C(=O)O)cc2)n1. The summed E-state index contributed by atoms with van der Waals surface area (Å²) in [4.78, 5) is 26.3. The minimum atomic E-state index is -0.952. The maximum Gasteiger partial charge on any atom is 0.335 e. The predicted octanol–water partition coefficient (Wildman–Crippen LogP) is 1.91. The lowest BCUT2D eigenvalue weighted by Crippen LogP contribution is -2.30. The quantitative estimate of drug-likeness (QED) is 0.782. The van der Waals surface area contributed by atoms with E-state index in [1.54, 1.807) is 31.2 Å². The fourth-order valence-electron chi connectivity index (χ4n) is 1.62. The van der Waals surface area contributed by atoms with Crippen LogP contribution in [0.3, 0.4) is 0 Å². The van der Waals surface area contributed by atoms with Crippen LogP contribution < -0.4 is 10.6 Å². The van der Waals surface area contributed by atoms with E-state index in [1.165, 1.54) is 0 Å². The first-order valence-corrected chi connectivity index (χ1v) is 6.99. The molecular weight excluding hydrogens is 292 g/mol. The zero-order valence-electron chi connectivity index (χ0n) is 11.3. The fourth-order valence-corrected chi connectivity index (χ4v) is 2.19. The zero-order chi connectivity index (χ0) is 15.2. The molecule has 7 nitrogen and oxygen atoms in total. The first-order chi connectivity index (χ1) is 10.0. The molecule has 1 aromatic carbocycles. The van der Waals surface area contributed by atoms with Crippen molar-refractivity contribution >= 4 is 28.7 Å². The van der Waals surface area contributed by atoms with Gasteiger partial charge in [0.05, 0.1) is 5.56 Å². The zero-order valence-corrected chi connectivity index (χ0v) is 12.1. The molecule has 2 rings (SSSR count). The molecule has 0 unspecified atom stereocenters. The highest BCUT2D eigenvalue weighted by Crippen LogP contribution is 2.09. The van der Waals surface area contributed by atoms with Gasteiger partial charge in [0.1, 0.15) is 5.82 Å². The van der Waals surface area contributed by atoms with Crippen LogP contribution in [0.15, 0.2) is 24.3 Å². The molecule has 0 aliphatic carbocycles. The summed E-state index contributed by atoms with van der Waals surface area (Å²) in [6.07, 6.45) is 0.614. The molecule has 1 heterocycles. The number of rotatable bonds is 5. The van der Waals surface area contributed by atoms with Gasteiger partial charge in [-0.2, -0.15) is 4.37 Å². The summed E-state index contributed by atoms with van der Waals surface area (Å²) in [5, 5.41) is 14.5. The molecular formula is C13H14N4O3S. The molecule has 1 aromatic heterocycles. The van der Waals surface area contributed by atoms with Crippen molar-refractivity contribution in [2.45, 2.75) is 13.3 Å². The summed E-state index contributed by atoms with van der Waals surface area (Å²) in [5.41, 5.74) is 1.20. The smallest absolute Gasteiger partial charge is 0.335 e. The molecule has 0 aliphatic rings. The number of hydrogen-bond acceptors (Lipinski definition) is 5. The van der Waals surface area contributed by atoms with Gasteiger partial charge in [0.25, 0.3) is 0 Å². The highest BCUT2D eigenvalue weighted by Gasteiger charge is 2.06. The number of aryl methyl sites for hydroxylation is 1. The lowest BCUT2D eigenvalue weighted by Gasteiger charge is -2.05. The molecule has 2 aromatic rings. The van der Waals surface area contributed by atoms with E-state index in [9.17, 15) is 9.59 Å². The van der Waals surface area contributed by atoms with E-state index in [1.807, 2.05) is 0 Å². The Kier molecular flexibility index (Phi) is 4.83. The number of amides is 2. The first-order valence-electron chi connectivity index (χ1n) is 6.22. The summed E-state index contributed by atoms with van der Waals surface area (Å²) in [6.45, 7) is 2.19. The molecule has 0 saturated heterocycles. The van der Waals surface area contributed by atoms with Crippen LogP contribution in [-0.2, 0) is 6.42 Å². The third kappa shape index (κ3) is 4.53. The molecule has 110 valence electrons. The van der Waals surface area contributed by atoms with Gasteiger partial charge < -0.3 is 10.4 Å². The van der Waals surface area contributed by atoms with Crippen molar-refractivity contribution < 1.29 is 14.7 Å². The largest absolute Gasteiger partial charge is 0.478 e. The average molecular weight is 306 g/mol. The maximum absolute atomic E-state index is 11.6. The van der Waals surface area contributed by atoms with Gasteiger partial charge in [0.2, 0.25) is 5.13 Å². The van der Waals surface area contributed by atoms with Crippen molar-refractivity contribution in [1.82, 2.24) is 14.7 Å². The highest BCUT2D eigenvalue weighted by molar-refractivity contribution is 7.09. The number of carboxylic acids is 1. The van der Waals surface area contributed by atoms with Crippen LogP contribution in [0.2, 0.25) is 0 Å². The second-order valence-electron chi connectivity index (χ2n) is 4.28. The Balaban J connectivity index is 1.76. The number of aromatic nitrogens is 2. The monoisotopic (exact) mass is 306 g/mol. The topological polar surface area (TPSA) is 104 Å². The van der Waals surface area contributed by atoms with E-state index in [-0.39, 0.29) is 11.6 Å².